The molecule has 0 fully saturated rings. The van der Waals surface area contributed by atoms with Crippen LogP contribution in [-0.4, -0.2) is 29.0 Å². The van der Waals surface area contributed by atoms with Crippen molar-refractivity contribution in [2.24, 2.45) is 0 Å². The maximum absolute atomic E-state index is 10.7. The van der Waals surface area contributed by atoms with E-state index in [2.05, 4.69) is 6.92 Å². The van der Waals surface area contributed by atoms with Crippen molar-refractivity contribution in [3.8, 4) is 0 Å². The summed E-state index contributed by atoms with van der Waals surface area (Å²) in [5.41, 5.74) is 0.554. The zero-order valence-corrected chi connectivity index (χ0v) is 12.0. The number of rotatable bonds is 5. The van der Waals surface area contributed by atoms with Crippen molar-refractivity contribution in [3.63, 3.8) is 0 Å². The van der Waals surface area contributed by atoms with Crippen molar-refractivity contribution in [3.05, 3.63) is 53.8 Å². The van der Waals surface area contributed by atoms with Crippen molar-refractivity contribution in [1.82, 2.24) is 0 Å². The predicted molar refractivity (Wildman–Crippen MR) is 80.0 cm³/mol. The highest BCUT2D eigenvalue weighted by Gasteiger charge is 2.41. The Labute approximate surface area is 120 Å². The van der Waals surface area contributed by atoms with E-state index in [1.54, 1.807) is 6.08 Å². The topological polar surface area (TPSA) is 49.7 Å². The van der Waals surface area contributed by atoms with Crippen molar-refractivity contribution >= 4 is 5.57 Å². The van der Waals surface area contributed by atoms with Gasteiger partial charge in [0.25, 0.3) is 0 Å². The Hall–Kier alpha value is -1.58. The van der Waals surface area contributed by atoms with E-state index in [4.69, 9.17) is 4.74 Å². The van der Waals surface area contributed by atoms with Crippen LogP contribution < -0.4 is 0 Å². The summed E-state index contributed by atoms with van der Waals surface area (Å²) in [4.78, 5) is 0. The molecule has 0 saturated carbocycles. The zero-order chi connectivity index (χ0) is 14.6. The van der Waals surface area contributed by atoms with Crippen molar-refractivity contribution in [2.45, 2.75) is 37.9 Å². The number of methoxy groups -OCH3 is 1. The summed E-state index contributed by atoms with van der Waals surface area (Å²) in [5, 5.41) is 21.0. The highest BCUT2D eigenvalue weighted by Crippen LogP contribution is 2.36. The summed E-state index contributed by atoms with van der Waals surface area (Å²) >= 11 is 0. The first-order valence-corrected chi connectivity index (χ1v) is 7.05. The number of ether oxygens (including phenoxy) is 1. The fourth-order valence-corrected chi connectivity index (χ4v) is 2.53. The molecule has 0 aliphatic heterocycles. The second-order valence-electron chi connectivity index (χ2n) is 5.17. The SMILES string of the molecule is CCCCC1(O)C(OC)=CC(c2ccccc2)=CC1O. The Kier molecular flexibility index (Phi) is 4.63. The summed E-state index contributed by atoms with van der Waals surface area (Å²) in [5.74, 6) is 0.430. The van der Waals surface area contributed by atoms with Gasteiger partial charge >= 0.3 is 0 Å². The van der Waals surface area contributed by atoms with E-state index in [0.717, 1.165) is 24.0 Å². The smallest absolute Gasteiger partial charge is 0.151 e. The van der Waals surface area contributed by atoms with E-state index in [9.17, 15) is 10.2 Å². The van der Waals surface area contributed by atoms with Crippen LogP contribution in [0, 0.1) is 0 Å². The Balaban J connectivity index is 2.33. The van der Waals surface area contributed by atoms with Gasteiger partial charge in [0.15, 0.2) is 5.60 Å². The normalized spacial score (nSPS) is 25.9. The largest absolute Gasteiger partial charge is 0.498 e. The minimum Gasteiger partial charge on any atom is -0.498 e. The fraction of sp³-hybridized carbons (Fsp3) is 0.412. The van der Waals surface area contributed by atoms with E-state index in [0.29, 0.717) is 12.2 Å². The molecule has 2 atom stereocenters. The maximum atomic E-state index is 10.7. The van der Waals surface area contributed by atoms with Crippen LogP contribution in [0.5, 0.6) is 0 Å². The lowest BCUT2D eigenvalue weighted by molar-refractivity contribution is -0.0639. The van der Waals surface area contributed by atoms with Gasteiger partial charge in [0.05, 0.1) is 7.11 Å². The van der Waals surface area contributed by atoms with Crippen molar-refractivity contribution in [2.75, 3.05) is 7.11 Å². The monoisotopic (exact) mass is 274 g/mol. The first-order chi connectivity index (χ1) is 9.61. The highest BCUT2D eigenvalue weighted by molar-refractivity contribution is 5.76. The van der Waals surface area contributed by atoms with E-state index in [-0.39, 0.29) is 0 Å². The molecule has 0 bridgehead atoms. The van der Waals surface area contributed by atoms with Crippen LogP contribution in [-0.2, 0) is 4.74 Å². The van der Waals surface area contributed by atoms with Crippen LogP contribution in [0.25, 0.3) is 5.57 Å². The van der Waals surface area contributed by atoms with E-state index in [1.807, 2.05) is 36.4 Å². The summed E-state index contributed by atoms with van der Waals surface area (Å²) in [6.45, 7) is 2.06. The molecule has 20 heavy (non-hydrogen) atoms. The standard InChI is InChI=1S/C17H22O3/c1-3-4-10-17(19)15(18)11-14(12-16(17)20-2)13-8-6-5-7-9-13/h5-9,11-12,15,18-19H,3-4,10H2,1-2H3. The Morgan fingerprint density at radius 1 is 1.25 bits per heavy atom. The number of unbranched alkanes of at least 4 members (excludes halogenated alkanes) is 1. The Bertz CT molecular complexity index is 504. The van der Waals surface area contributed by atoms with Gasteiger partial charge in [-0.3, -0.25) is 0 Å². The first kappa shape index (κ1) is 14.8. The summed E-state index contributed by atoms with van der Waals surface area (Å²) in [7, 11) is 1.53. The maximum Gasteiger partial charge on any atom is 0.151 e. The molecule has 0 radical (unpaired) electrons. The van der Waals surface area contributed by atoms with Gasteiger partial charge in [-0.1, -0.05) is 50.1 Å². The second kappa shape index (κ2) is 6.25. The molecule has 2 unspecified atom stereocenters. The summed E-state index contributed by atoms with van der Waals surface area (Å²) in [6.07, 6.45) is 4.85. The molecule has 3 heteroatoms. The van der Waals surface area contributed by atoms with Crippen molar-refractivity contribution < 1.29 is 14.9 Å². The molecule has 1 aromatic rings. The van der Waals surface area contributed by atoms with Gasteiger partial charge in [-0.05, 0) is 29.7 Å². The number of benzene rings is 1. The summed E-state index contributed by atoms with van der Waals surface area (Å²) < 4.78 is 5.34. The Morgan fingerprint density at radius 3 is 2.55 bits per heavy atom. The molecule has 1 aliphatic carbocycles. The molecule has 2 rings (SSSR count). The third-order valence-electron chi connectivity index (χ3n) is 3.78. The molecule has 0 aromatic heterocycles. The molecule has 0 amide bonds. The minimum atomic E-state index is -1.32. The van der Waals surface area contributed by atoms with Gasteiger partial charge in [-0.2, -0.15) is 0 Å². The second-order valence-corrected chi connectivity index (χ2v) is 5.17. The number of hydrogen-bond acceptors (Lipinski definition) is 3. The molecule has 108 valence electrons. The molecule has 0 spiro atoms. The molecule has 1 aromatic carbocycles. The number of allylic oxidation sites excluding steroid dienone is 2. The van der Waals surface area contributed by atoms with Crippen LogP contribution in [0.1, 0.15) is 31.7 Å². The molecule has 0 saturated heterocycles. The van der Waals surface area contributed by atoms with Crippen LogP contribution in [0.2, 0.25) is 0 Å². The molecule has 3 nitrogen and oxygen atoms in total. The van der Waals surface area contributed by atoms with Gasteiger partial charge in [0, 0.05) is 0 Å². The average molecular weight is 274 g/mol. The molecule has 0 heterocycles. The lowest BCUT2D eigenvalue weighted by atomic mass is 9.82. The van der Waals surface area contributed by atoms with Crippen LogP contribution >= 0.6 is 0 Å². The lowest BCUT2D eigenvalue weighted by Crippen LogP contribution is -2.45. The quantitative estimate of drug-likeness (QED) is 0.868. The van der Waals surface area contributed by atoms with Gasteiger partial charge in [0.2, 0.25) is 0 Å². The lowest BCUT2D eigenvalue weighted by Gasteiger charge is -2.36. The van der Waals surface area contributed by atoms with E-state index < -0.39 is 11.7 Å². The predicted octanol–water partition coefficient (Wildman–Crippen LogP) is 2.90. The molecule has 1 aliphatic rings. The zero-order valence-electron chi connectivity index (χ0n) is 12.0. The van der Waals surface area contributed by atoms with Gasteiger partial charge in [-0.25, -0.2) is 0 Å². The molecular weight excluding hydrogens is 252 g/mol. The number of aliphatic hydroxyl groups excluding tert-OH is 1. The van der Waals surface area contributed by atoms with E-state index in [1.165, 1.54) is 7.11 Å². The highest BCUT2D eigenvalue weighted by atomic mass is 16.5. The van der Waals surface area contributed by atoms with Crippen LogP contribution in [0.15, 0.2) is 48.2 Å². The average Bonchev–Trinajstić information content (AvgIpc) is 2.49. The van der Waals surface area contributed by atoms with Gasteiger partial charge < -0.3 is 14.9 Å². The van der Waals surface area contributed by atoms with Crippen molar-refractivity contribution in [1.29, 1.82) is 0 Å². The number of aliphatic hydroxyl groups is 2. The summed E-state index contributed by atoms with van der Waals surface area (Å²) in [6, 6.07) is 9.78. The minimum absolute atomic E-state index is 0.430. The third-order valence-corrected chi connectivity index (χ3v) is 3.78. The third kappa shape index (κ3) is 2.79. The van der Waals surface area contributed by atoms with Crippen LogP contribution in [0.4, 0.5) is 0 Å². The van der Waals surface area contributed by atoms with Gasteiger partial charge in [0.1, 0.15) is 11.9 Å². The van der Waals surface area contributed by atoms with E-state index >= 15 is 0 Å². The number of hydrogen-bond donors (Lipinski definition) is 2. The van der Waals surface area contributed by atoms with Crippen LogP contribution in [0.3, 0.4) is 0 Å². The fourth-order valence-electron chi connectivity index (χ4n) is 2.53. The van der Waals surface area contributed by atoms with Gasteiger partial charge in [-0.15, -0.1) is 0 Å². The molecule has 2 N–H and O–H groups in total. The first-order valence-electron chi connectivity index (χ1n) is 7.05. The Morgan fingerprint density at radius 2 is 1.95 bits per heavy atom. The molecular formula is C17H22O3.